The van der Waals surface area contributed by atoms with Crippen LogP contribution in [-0.2, 0) is 18.3 Å². The van der Waals surface area contributed by atoms with Crippen LogP contribution in [0.2, 0.25) is 0 Å². The van der Waals surface area contributed by atoms with E-state index in [-0.39, 0.29) is 17.4 Å². The highest BCUT2D eigenvalue weighted by Gasteiger charge is 2.46. The lowest BCUT2D eigenvalue weighted by Gasteiger charge is -2.39. The molecule has 2 aliphatic heterocycles. The van der Waals surface area contributed by atoms with Crippen molar-refractivity contribution in [2.45, 2.75) is 58.9 Å². The number of aryl methyl sites for hydroxylation is 3. The maximum absolute atomic E-state index is 12.8. The Kier molecular flexibility index (Phi) is 5.23. The Morgan fingerprint density at radius 2 is 1.93 bits per heavy atom. The maximum Gasteiger partial charge on any atom is 0.243 e. The second-order valence-electron chi connectivity index (χ2n) is 8.97. The lowest BCUT2D eigenvalue weighted by molar-refractivity contribution is -0.133. The molecule has 1 atom stereocenters. The summed E-state index contributed by atoms with van der Waals surface area (Å²) in [5.41, 5.74) is 3.65. The Hall–Kier alpha value is -2.22. The molecule has 8 nitrogen and oxygen atoms in total. The Labute approximate surface area is 172 Å². The number of nitrogens with zero attached hydrogens (tertiary/aromatic N) is 6. The van der Waals surface area contributed by atoms with Crippen LogP contribution in [0.5, 0.6) is 0 Å². The molecule has 0 aromatic carbocycles. The van der Waals surface area contributed by atoms with Crippen LogP contribution in [0.3, 0.4) is 0 Å². The average molecular weight is 401 g/mol. The molecule has 1 unspecified atom stereocenters. The summed E-state index contributed by atoms with van der Waals surface area (Å²) in [6.45, 7) is 8.66. The van der Waals surface area contributed by atoms with Crippen LogP contribution in [0.4, 0.5) is 0 Å². The molecule has 2 fully saturated rings. The molecule has 0 saturated carbocycles. The van der Waals surface area contributed by atoms with Gasteiger partial charge in [-0.2, -0.15) is 10.1 Å². The van der Waals surface area contributed by atoms with Gasteiger partial charge in [0.1, 0.15) is 0 Å². The van der Waals surface area contributed by atoms with E-state index in [0.29, 0.717) is 12.2 Å². The van der Waals surface area contributed by atoms with Crippen molar-refractivity contribution < 1.29 is 9.32 Å². The quantitative estimate of drug-likeness (QED) is 0.784. The van der Waals surface area contributed by atoms with E-state index in [1.54, 1.807) is 0 Å². The summed E-state index contributed by atoms with van der Waals surface area (Å²) >= 11 is 0. The zero-order valence-corrected chi connectivity index (χ0v) is 18.2. The molecule has 2 aliphatic rings. The van der Waals surface area contributed by atoms with Gasteiger partial charge in [0, 0.05) is 38.8 Å². The van der Waals surface area contributed by atoms with E-state index < -0.39 is 0 Å². The topological polar surface area (TPSA) is 80.3 Å². The van der Waals surface area contributed by atoms with Gasteiger partial charge in [-0.3, -0.25) is 14.4 Å². The van der Waals surface area contributed by atoms with E-state index in [1.165, 1.54) is 5.56 Å². The fourth-order valence-corrected chi connectivity index (χ4v) is 5.16. The monoisotopic (exact) mass is 400 g/mol. The summed E-state index contributed by atoms with van der Waals surface area (Å²) in [7, 11) is 4.09. The third-order valence-corrected chi connectivity index (χ3v) is 7.00. The fourth-order valence-electron chi connectivity index (χ4n) is 5.16. The molecule has 8 heteroatoms. The van der Waals surface area contributed by atoms with Crippen molar-refractivity contribution in [3.05, 3.63) is 28.7 Å². The number of likely N-dealkylation sites (tertiary alicyclic amines) is 2. The predicted molar refractivity (Wildman–Crippen MR) is 108 cm³/mol. The number of hydrogen-bond acceptors (Lipinski definition) is 6. The van der Waals surface area contributed by atoms with Gasteiger partial charge in [-0.25, -0.2) is 0 Å². The first kappa shape index (κ1) is 20.1. The summed E-state index contributed by atoms with van der Waals surface area (Å²) in [6.07, 6.45) is 4.44. The lowest BCUT2D eigenvalue weighted by Crippen LogP contribution is -2.44. The standard InChI is InChI=1S/C21H32N6O2/c1-14-17(15(2)26(5)23-14)6-7-19(28)27-10-8-21(9-11-27)12-18(25(4)13-21)20-22-16(3)24-29-20/h18H,6-13H2,1-5H3. The molecule has 2 saturated heterocycles. The molecular formula is C21H32N6O2. The molecule has 4 heterocycles. The molecule has 4 rings (SSSR count). The van der Waals surface area contributed by atoms with E-state index >= 15 is 0 Å². The van der Waals surface area contributed by atoms with Crippen LogP contribution >= 0.6 is 0 Å². The molecule has 2 aromatic heterocycles. The summed E-state index contributed by atoms with van der Waals surface area (Å²) in [6, 6.07) is 0.190. The van der Waals surface area contributed by atoms with Gasteiger partial charge in [0.15, 0.2) is 5.82 Å². The summed E-state index contributed by atoms with van der Waals surface area (Å²) in [5, 5.41) is 8.41. The number of hydrogen-bond donors (Lipinski definition) is 0. The van der Waals surface area contributed by atoms with Crippen molar-refractivity contribution >= 4 is 5.91 Å². The van der Waals surface area contributed by atoms with Gasteiger partial charge in [-0.1, -0.05) is 5.16 Å². The predicted octanol–water partition coefficient (Wildman–Crippen LogP) is 2.35. The van der Waals surface area contributed by atoms with Gasteiger partial charge in [0.25, 0.3) is 0 Å². The first-order valence-electron chi connectivity index (χ1n) is 10.6. The summed E-state index contributed by atoms with van der Waals surface area (Å²) in [5.74, 6) is 1.68. The van der Waals surface area contributed by atoms with Crippen LogP contribution in [0.1, 0.15) is 60.4 Å². The minimum atomic E-state index is 0.190. The van der Waals surface area contributed by atoms with Crippen molar-refractivity contribution in [3.63, 3.8) is 0 Å². The lowest BCUT2D eigenvalue weighted by atomic mass is 9.76. The van der Waals surface area contributed by atoms with Crippen molar-refractivity contribution in [1.82, 2.24) is 29.7 Å². The molecule has 1 spiro atoms. The molecule has 0 N–H and O–H groups in total. The first-order valence-corrected chi connectivity index (χ1v) is 10.6. The Bertz CT molecular complexity index is 893. The van der Waals surface area contributed by atoms with Crippen LogP contribution in [0, 0.1) is 26.2 Å². The minimum Gasteiger partial charge on any atom is -0.343 e. The van der Waals surface area contributed by atoms with Crippen LogP contribution in [0.15, 0.2) is 4.52 Å². The van der Waals surface area contributed by atoms with Gasteiger partial charge >= 0.3 is 0 Å². The Morgan fingerprint density at radius 1 is 1.21 bits per heavy atom. The Morgan fingerprint density at radius 3 is 2.52 bits per heavy atom. The number of carbonyl (C=O) groups excluding carboxylic acids is 1. The van der Waals surface area contributed by atoms with Gasteiger partial charge in [-0.05, 0) is 64.5 Å². The third-order valence-electron chi connectivity index (χ3n) is 7.00. The van der Waals surface area contributed by atoms with E-state index in [4.69, 9.17) is 4.52 Å². The van der Waals surface area contributed by atoms with Crippen molar-refractivity contribution in [2.24, 2.45) is 12.5 Å². The molecule has 158 valence electrons. The highest BCUT2D eigenvalue weighted by atomic mass is 16.5. The molecule has 0 radical (unpaired) electrons. The molecule has 2 aromatic rings. The van der Waals surface area contributed by atoms with Gasteiger partial charge in [-0.15, -0.1) is 0 Å². The number of rotatable bonds is 4. The van der Waals surface area contributed by atoms with E-state index in [9.17, 15) is 4.79 Å². The highest BCUT2D eigenvalue weighted by Crippen LogP contribution is 2.48. The summed E-state index contributed by atoms with van der Waals surface area (Å²) in [4.78, 5) is 21.6. The molecule has 0 aliphatic carbocycles. The molecular weight excluding hydrogens is 368 g/mol. The van der Waals surface area contributed by atoms with E-state index in [1.807, 2.05) is 25.6 Å². The molecule has 0 bridgehead atoms. The van der Waals surface area contributed by atoms with Crippen LogP contribution in [0.25, 0.3) is 0 Å². The van der Waals surface area contributed by atoms with Crippen LogP contribution in [-0.4, -0.2) is 62.3 Å². The smallest absolute Gasteiger partial charge is 0.243 e. The van der Waals surface area contributed by atoms with Crippen molar-refractivity contribution in [2.75, 3.05) is 26.7 Å². The van der Waals surface area contributed by atoms with Crippen molar-refractivity contribution in [1.29, 1.82) is 0 Å². The molecule has 1 amide bonds. The second-order valence-corrected chi connectivity index (χ2v) is 8.97. The fraction of sp³-hybridized carbons (Fsp3) is 0.714. The zero-order chi connectivity index (χ0) is 20.8. The normalized spacial score (nSPS) is 22.0. The van der Waals surface area contributed by atoms with Gasteiger partial charge < -0.3 is 9.42 Å². The van der Waals surface area contributed by atoms with Gasteiger partial charge in [0.05, 0.1) is 11.7 Å². The summed E-state index contributed by atoms with van der Waals surface area (Å²) < 4.78 is 7.33. The average Bonchev–Trinajstić information content (AvgIpc) is 3.31. The van der Waals surface area contributed by atoms with Gasteiger partial charge in [0.2, 0.25) is 11.8 Å². The van der Waals surface area contributed by atoms with E-state index in [0.717, 1.165) is 62.6 Å². The zero-order valence-electron chi connectivity index (χ0n) is 18.2. The minimum absolute atomic E-state index is 0.190. The van der Waals surface area contributed by atoms with Crippen LogP contribution < -0.4 is 0 Å². The Balaban J connectivity index is 1.32. The second kappa shape index (κ2) is 7.55. The first-order chi connectivity index (χ1) is 13.8. The van der Waals surface area contributed by atoms with Crippen molar-refractivity contribution in [3.8, 4) is 0 Å². The SMILES string of the molecule is Cc1noc(C2CC3(CCN(C(=O)CCc4c(C)nn(C)c4C)CC3)CN2C)n1. The van der Waals surface area contributed by atoms with E-state index in [2.05, 4.69) is 39.0 Å². The number of piperidine rings is 1. The number of carbonyl (C=O) groups is 1. The highest BCUT2D eigenvalue weighted by molar-refractivity contribution is 5.76. The maximum atomic E-state index is 12.8. The molecule has 29 heavy (non-hydrogen) atoms. The third kappa shape index (κ3) is 3.82. The number of aromatic nitrogens is 4. The largest absolute Gasteiger partial charge is 0.343 e. The number of amides is 1.